The molecular formula is C14H23NOS. The molecule has 1 atom stereocenters. The summed E-state index contributed by atoms with van der Waals surface area (Å²) in [5, 5.41) is 2.15. The fourth-order valence-electron chi connectivity index (χ4n) is 2.45. The molecule has 1 aliphatic carbocycles. The second kappa shape index (κ2) is 6.53. The van der Waals surface area contributed by atoms with E-state index in [0.29, 0.717) is 12.0 Å². The van der Waals surface area contributed by atoms with E-state index in [0.717, 1.165) is 12.5 Å². The Kier molecular flexibility index (Phi) is 5.01. The number of hydroxylamine groups is 1. The van der Waals surface area contributed by atoms with Crippen molar-refractivity contribution >= 4 is 11.3 Å². The van der Waals surface area contributed by atoms with Gasteiger partial charge in [-0.1, -0.05) is 32.8 Å². The smallest absolute Gasteiger partial charge is 0.0705 e. The van der Waals surface area contributed by atoms with Crippen molar-refractivity contribution in [1.29, 1.82) is 0 Å². The number of rotatable bonds is 6. The summed E-state index contributed by atoms with van der Waals surface area (Å²) in [5.41, 5.74) is 3.31. The molecule has 0 spiro atoms. The van der Waals surface area contributed by atoms with Crippen LogP contribution in [0.5, 0.6) is 0 Å². The van der Waals surface area contributed by atoms with Crippen molar-refractivity contribution in [2.75, 3.05) is 6.61 Å². The van der Waals surface area contributed by atoms with Crippen molar-refractivity contribution in [2.45, 2.75) is 45.6 Å². The topological polar surface area (TPSA) is 21.3 Å². The van der Waals surface area contributed by atoms with Crippen molar-refractivity contribution in [1.82, 2.24) is 5.48 Å². The molecule has 3 heteroatoms. The molecule has 0 aliphatic heterocycles. The Morgan fingerprint density at radius 1 is 1.41 bits per heavy atom. The van der Waals surface area contributed by atoms with Crippen LogP contribution in [-0.2, 0) is 4.84 Å². The van der Waals surface area contributed by atoms with E-state index >= 15 is 0 Å². The average Bonchev–Trinajstić information content (AvgIpc) is 2.97. The number of thiophene rings is 1. The lowest BCUT2D eigenvalue weighted by molar-refractivity contribution is -0.0120. The zero-order chi connectivity index (χ0) is 12.1. The fourth-order valence-corrected chi connectivity index (χ4v) is 3.31. The van der Waals surface area contributed by atoms with Crippen LogP contribution in [0.25, 0.3) is 0 Å². The van der Waals surface area contributed by atoms with Gasteiger partial charge in [-0.05, 0) is 36.1 Å². The summed E-state index contributed by atoms with van der Waals surface area (Å²) in [7, 11) is 0. The largest absolute Gasteiger partial charge is 0.301 e. The van der Waals surface area contributed by atoms with E-state index in [9.17, 15) is 0 Å². The van der Waals surface area contributed by atoms with Gasteiger partial charge >= 0.3 is 0 Å². The lowest BCUT2D eigenvalue weighted by Crippen LogP contribution is -2.28. The summed E-state index contributed by atoms with van der Waals surface area (Å²) in [5.74, 6) is 1.33. The minimum absolute atomic E-state index is 0.399. The first-order chi connectivity index (χ1) is 8.27. The van der Waals surface area contributed by atoms with Crippen molar-refractivity contribution < 1.29 is 4.84 Å². The molecular weight excluding hydrogens is 230 g/mol. The summed E-state index contributed by atoms with van der Waals surface area (Å²) in [6, 6.07) is 4.75. The standard InChI is InChI=1S/C14H23NOS/c1-11(2)10-16-15-14(12-6-3-4-7-12)13-8-5-9-17-13/h5,8-9,11-12,14-15H,3-4,6-7,10H2,1-2H3. The molecule has 1 fully saturated rings. The van der Waals surface area contributed by atoms with Crippen LogP contribution in [0.1, 0.15) is 50.4 Å². The van der Waals surface area contributed by atoms with Crippen LogP contribution in [-0.4, -0.2) is 6.61 Å². The number of hydrogen-bond donors (Lipinski definition) is 1. The van der Waals surface area contributed by atoms with Crippen LogP contribution in [0.15, 0.2) is 17.5 Å². The number of hydrogen-bond acceptors (Lipinski definition) is 3. The molecule has 0 radical (unpaired) electrons. The van der Waals surface area contributed by atoms with Crippen LogP contribution in [0.2, 0.25) is 0 Å². The predicted octanol–water partition coefficient (Wildman–Crippen LogP) is 4.16. The van der Waals surface area contributed by atoms with Gasteiger partial charge in [-0.25, -0.2) is 0 Å². The van der Waals surface area contributed by atoms with E-state index < -0.39 is 0 Å². The van der Waals surface area contributed by atoms with Gasteiger partial charge in [0.1, 0.15) is 0 Å². The van der Waals surface area contributed by atoms with Gasteiger partial charge < -0.3 is 4.84 Å². The Morgan fingerprint density at radius 2 is 2.18 bits per heavy atom. The lowest BCUT2D eigenvalue weighted by atomic mass is 9.97. The minimum atomic E-state index is 0.399. The second-order valence-corrected chi connectivity index (χ2v) is 6.34. The fraction of sp³-hybridized carbons (Fsp3) is 0.714. The Morgan fingerprint density at radius 3 is 2.76 bits per heavy atom. The van der Waals surface area contributed by atoms with Crippen molar-refractivity contribution in [3.05, 3.63) is 22.4 Å². The Balaban J connectivity index is 1.92. The van der Waals surface area contributed by atoms with E-state index in [1.807, 2.05) is 11.3 Å². The Hall–Kier alpha value is -0.380. The summed E-state index contributed by atoms with van der Waals surface area (Å²) < 4.78 is 0. The van der Waals surface area contributed by atoms with Crippen molar-refractivity contribution in [3.63, 3.8) is 0 Å². The first-order valence-electron chi connectivity index (χ1n) is 6.68. The molecule has 0 aromatic carbocycles. The normalized spacial score (nSPS) is 19.0. The van der Waals surface area contributed by atoms with Crippen LogP contribution >= 0.6 is 11.3 Å². The molecule has 0 saturated heterocycles. The molecule has 1 aromatic heterocycles. The molecule has 1 saturated carbocycles. The monoisotopic (exact) mass is 253 g/mol. The molecule has 1 unspecified atom stereocenters. The second-order valence-electron chi connectivity index (χ2n) is 5.36. The maximum Gasteiger partial charge on any atom is 0.0705 e. The van der Waals surface area contributed by atoms with Crippen molar-refractivity contribution in [2.24, 2.45) is 11.8 Å². The van der Waals surface area contributed by atoms with Gasteiger partial charge in [0.2, 0.25) is 0 Å². The zero-order valence-corrected chi connectivity index (χ0v) is 11.6. The maximum atomic E-state index is 5.65. The van der Waals surface area contributed by atoms with E-state index in [-0.39, 0.29) is 0 Å². The van der Waals surface area contributed by atoms with E-state index in [4.69, 9.17) is 4.84 Å². The molecule has 17 heavy (non-hydrogen) atoms. The summed E-state index contributed by atoms with van der Waals surface area (Å²) in [6.07, 6.45) is 5.41. The third-order valence-corrected chi connectivity index (χ3v) is 4.30. The number of nitrogens with one attached hydrogen (secondary N) is 1. The highest BCUT2D eigenvalue weighted by atomic mass is 32.1. The summed E-state index contributed by atoms with van der Waals surface area (Å²) in [6.45, 7) is 5.14. The van der Waals surface area contributed by atoms with Gasteiger partial charge in [-0.15, -0.1) is 11.3 Å². The minimum Gasteiger partial charge on any atom is -0.301 e. The van der Waals surface area contributed by atoms with Gasteiger partial charge in [-0.2, -0.15) is 5.48 Å². The molecule has 1 N–H and O–H groups in total. The third kappa shape index (κ3) is 3.80. The van der Waals surface area contributed by atoms with E-state index in [1.165, 1.54) is 30.6 Å². The molecule has 2 rings (SSSR count). The van der Waals surface area contributed by atoms with Crippen LogP contribution in [0, 0.1) is 11.8 Å². The van der Waals surface area contributed by atoms with Gasteiger partial charge in [0.05, 0.1) is 12.6 Å². The highest BCUT2D eigenvalue weighted by Crippen LogP contribution is 2.37. The highest BCUT2D eigenvalue weighted by molar-refractivity contribution is 7.10. The molecule has 1 heterocycles. The predicted molar refractivity (Wildman–Crippen MR) is 72.9 cm³/mol. The van der Waals surface area contributed by atoms with Crippen LogP contribution < -0.4 is 5.48 Å². The zero-order valence-electron chi connectivity index (χ0n) is 10.8. The Labute approximate surface area is 108 Å². The SMILES string of the molecule is CC(C)CONC(c1cccs1)C1CCCC1. The third-order valence-electron chi connectivity index (χ3n) is 3.35. The van der Waals surface area contributed by atoms with E-state index in [1.54, 1.807) is 0 Å². The molecule has 96 valence electrons. The van der Waals surface area contributed by atoms with Gasteiger partial charge in [0.25, 0.3) is 0 Å². The highest BCUT2D eigenvalue weighted by Gasteiger charge is 2.27. The molecule has 2 nitrogen and oxygen atoms in total. The lowest BCUT2D eigenvalue weighted by Gasteiger charge is -2.23. The molecule has 1 aromatic rings. The first-order valence-corrected chi connectivity index (χ1v) is 7.56. The molecule has 0 bridgehead atoms. The summed E-state index contributed by atoms with van der Waals surface area (Å²) >= 11 is 1.83. The first kappa shape index (κ1) is 13.1. The quantitative estimate of drug-likeness (QED) is 0.769. The van der Waals surface area contributed by atoms with Crippen LogP contribution in [0.3, 0.4) is 0 Å². The molecule has 1 aliphatic rings. The van der Waals surface area contributed by atoms with Crippen LogP contribution in [0.4, 0.5) is 0 Å². The van der Waals surface area contributed by atoms with Gasteiger partial charge in [0, 0.05) is 4.88 Å². The van der Waals surface area contributed by atoms with Gasteiger partial charge in [-0.3, -0.25) is 0 Å². The maximum absolute atomic E-state index is 5.65. The molecule has 0 amide bonds. The average molecular weight is 253 g/mol. The van der Waals surface area contributed by atoms with Gasteiger partial charge in [0.15, 0.2) is 0 Å². The summed E-state index contributed by atoms with van der Waals surface area (Å²) in [4.78, 5) is 7.07. The van der Waals surface area contributed by atoms with E-state index in [2.05, 4.69) is 36.8 Å². The Bertz CT molecular complexity index is 304. The van der Waals surface area contributed by atoms with Crippen molar-refractivity contribution in [3.8, 4) is 0 Å².